The molecule has 0 aromatic carbocycles. The summed E-state index contributed by atoms with van der Waals surface area (Å²) in [6.07, 6.45) is 4.35. The normalized spacial score (nSPS) is 43.6. The zero-order valence-corrected chi connectivity index (χ0v) is 9.01. The summed E-state index contributed by atoms with van der Waals surface area (Å²) in [5, 5.41) is 0. The van der Waals surface area contributed by atoms with Gasteiger partial charge in [-0.25, -0.2) is 0 Å². The molecule has 1 unspecified atom stereocenters. The second-order valence-electron chi connectivity index (χ2n) is 5.18. The molecule has 2 aliphatic carbocycles. The van der Waals surface area contributed by atoms with E-state index in [9.17, 15) is 9.59 Å². The Hall–Kier alpha value is -0.660. The summed E-state index contributed by atoms with van der Waals surface area (Å²) in [7, 11) is 0. The van der Waals surface area contributed by atoms with Crippen LogP contribution >= 0.6 is 0 Å². The van der Waals surface area contributed by atoms with Gasteiger partial charge < -0.3 is 0 Å². The molecular weight excluding hydrogens is 176 g/mol. The number of hydrogen-bond acceptors (Lipinski definition) is 2. The summed E-state index contributed by atoms with van der Waals surface area (Å²) >= 11 is 0. The fourth-order valence-corrected chi connectivity index (χ4v) is 3.20. The molecule has 0 aliphatic heterocycles. The van der Waals surface area contributed by atoms with Gasteiger partial charge >= 0.3 is 0 Å². The first-order chi connectivity index (χ1) is 6.56. The van der Waals surface area contributed by atoms with Crippen molar-refractivity contribution in [3.63, 3.8) is 0 Å². The maximum absolute atomic E-state index is 12.0. The van der Waals surface area contributed by atoms with Gasteiger partial charge in [-0.15, -0.1) is 0 Å². The summed E-state index contributed by atoms with van der Waals surface area (Å²) in [5.74, 6) is 0.977. The van der Waals surface area contributed by atoms with E-state index in [4.69, 9.17) is 0 Å². The van der Waals surface area contributed by atoms with Gasteiger partial charge in [-0.3, -0.25) is 9.59 Å². The Morgan fingerprint density at radius 2 is 2.00 bits per heavy atom. The largest absolute Gasteiger partial charge is 0.299 e. The molecule has 2 aliphatic rings. The number of carbonyl (C=O) groups excluding carboxylic acids is 2. The lowest BCUT2D eigenvalue weighted by Gasteiger charge is -2.34. The number of Topliss-reactive ketones (excluding diaryl/α,β-unsaturated/α-hetero) is 2. The Balaban J connectivity index is 2.29. The van der Waals surface area contributed by atoms with Crippen molar-refractivity contribution in [3.05, 3.63) is 0 Å². The first-order valence-electron chi connectivity index (χ1n) is 5.64. The van der Waals surface area contributed by atoms with Crippen molar-refractivity contribution in [2.75, 3.05) is 0 Å². The summed E-state index contributed by atoms with van der Waals surface area (Å²) < 4.78 is 0. The van der Waals surface area contributed by atoms with Gasteiger partial charge in [0.2, 0.25) is 0 Å². The molecule has 0 aromatic rings. The summed E-state index contributed by atoms with van der Waals surface area (Å²) in [5.41, 5.74) is -0.545. The molecule has 14 heavy (non-hydrogen) atoms. The Kier molecular flexibility index (Phi) is 2.24. The quantitative estimate of drug-likeness (QED) is 0.555. The van der Waals surface area contributed by atoms with Crippen molar-refractivity contribution in [1.82, 2.24) is 0 Å². The van der Waals surface area contributed by atoms with Crippen molar-refractivity contribution in [2.24, 2.45) is 17.3 Å². The third-order valence-electron chi connectivity index (χ3n) is 3.94. The molecule has 2 nitrogen and oxygen atoms in total. The standard InChI is InChI=1S/C12H18O2/c1-8-4-3-5-12(7-8)10(13)6-9(2)11(12)14/h8-9H,3-7H2,1-2H3/t8-,9?,12-/m0/s1. The first kappa shape index (κ1) is 9.88. The Labute approximate surface area is 85.1 Å². The van der Waals surface area contributed by atoms with Crippen LogP contribution in [0.1, 0.15) is 46.0 Å². The fourth-order valence-electron chi connectivity index (χ4n) is 3.20. The number of rotatable bonds is 0. The molecule has 2 fully saturated rings. The highest BCUT2D eigenvalue weighted by Crippen LogP contribution is 2.47. The van der Waals surface area contributed by atoms with Gasteiger partial charge in [0, 0.05) is 12.3 Å². The second kappa shape index (κ2) is 3.18. The van der Waals surface area contributed by atoms with Gasteiger partial charge in [-0.05, 0) is 18.8 Å². The van der Waals surface area contributed by atoms with Crippen LogP contribution in [0.2, 0.25) is 0 Å². The van der Waals surface area contributed by atoms with E-state index < -0.39 is 5.41 Å². The van der Waals surface area contributed by atoms with Crippen molar-refractivity contribution >= 4 is 11.6 Å². The van der Waals surface area contributed by atoms with Crippen LogP contribution in [-0.2, 0) is 9.59 Å². The van der Waals surface area contributed by atoms with E-state index in [0.29, 0.717) is 12.3 Å². The molecule has 1 spiro atoms. The average Bonchev–Trinajstić information content (AvgIpc) is 2.32. The molecule has 0 N–H and O–H groups in total. The molecule has 78 valence electrons. The lowest BCUT2D eigenvalue weighted by molar-refractivity contribution is -0.138. The van der Waals surface area contributed by atoms with E-state index in [1.165, 1.54) is 6.42 Å². The van der Waals surface area contributed by atoms with Gasteiger partial charge in [-0.1, -0.05) is 26.7 Å². The predicted molar refractivity (Wildman–Crippen MR) is 53.9 cm³/mol. The predicted octanol–water partition coefficient (Wildman–Crippen LogP) is 2.36. The Morgan fingerprint density at radius 3 is 2.50 bits per heavy atom. The second-order valence-corrected chi connectivity index (χ2v) is 5.18. The van der Waals surface area contributed by atoms with Gasteiger partial charge in [0.05, 0.1) is 5.41 Å². The number of carbonyl (C=O) groups is 2. The molecule has 0 bridgehead atoms. The van der Waals surface area contributed by atoms with Crippen LogP contribution in [0.3, 0.4) is 0 Å². The van der Waals surface area contributed by atoms with E-state index in [0.717, 1.165) is 19.3 Å². The number of ketones is 2. The van der Waals surface area contributed by atoms with Gasteiger partial charge in [0.25, 0.3) is 0 Å². The molecule has 2 heteroatoms. The average molecular weight is 194 g/mol. The molecule has 2 rings (SSSR count). The number of hydrogen-bond donors (Lipinski definition) is 0. The van der Waals surface area contributed by atoms with Gasteiger partial charge in [0.1, 0.15) is 11.6 Å². The Morgan fingerprint density at radius 1 is 1.29 bits per heavy atom. The smallest absolute Gasteiger partial charge is 0.149 e. The molecule has 0 radical (unpaired) electrons. The van der Waals surface area contributed by atoms with Crippen LogP contribution in [0, 0.1) is 17.3 Å². The lowest BCUT2D eigenvalue weighted by atomic mass is 9.67. The van der Waals surface area contributed by atoms with Crippen molar-refractivity contribution in [2.45, 2.75) is 46.0 Å². The van der Waals surface area contributed by atoms with E-state index in [1.54, 1.807) is 0 Å². The van der Waals surface area contributed by atoms with Crippen molar-refractivity contribution in [1.29, 1.82) is 0 Å². The van der Waals surface area contributed by atoms with E-state index in [-0.39, 0.29) is 17.5 Å². The summed E-state index contributed by atoms with van der Waals surface area (Å²) in [6, 6.07) is 0. The van der Waals surface area contributed by atoms with E-state index in [1.807, 2.05) is 6.92 Å². The maximum Gasteiger partial charge on any atom is 0.149 e. The zero-order chi connectivity index (χ0) is 10.3. The first-order valence-corrected chi connectivity index (χ1v) is 5.64. The highest BCUT2D eigenvalue weighted by atomic mass is 16.2. The zero-order valence-electron chi connectivity index (χ0n) is 9.01. The van der Waals surface area contributed by atoms with E-state index >= 15 is 0 Å². The van der Waals surface area contributed by atoms with Gasteiger partial charge in [-0.2, -0.15) is 0 Å². The minimum Gasteiger partial charge on any atom is -0.299 e. The molecule has 0 saturated heterocycles. The van der Waals surface area contributed by atoms with Crippen LogP contribution in [0.5, 0.6) is 0 Å². The SMILES string of the molecule is CC1CC(=O)[C@@]2(CCC[C@H](C)C2)C1=O. The van der Waals surface area contributed by atoms with Crippen LogP contribution < -0.4 is 0 Å². The van der Waals surface area contributed by atoms with Crippen LogP contribution in [0.15, 0.2) is 0 Å². The van der Waals surface area contributed by atoms with E-state index in [2.05, 4.69) is 6.92 Å². The van der Waals surface area contributed by atoms with Crippen LogP contribution in [0.4, 0.5) is 0 Å². The van der Waals surface area contributed by atoms with Crippen LogP contribution in [0.25, 0.3) is 0 Å². The molecule has 0 amide bonds. The minimum absolute atomic E-state index is 0.0206. The minimum atomic E-state index is -0.545. The van der Waals surface area contributed by atoms with Gasteiger partial charge in [0.15, 0.2) is 0 Å². The molecular formula is C12H18O2. The fraction of sp³-hybridized carbons (Fsp3) is 0.833. The summed E-state index contributed by atoms with van der Waals surface area (Å²) in [6.45, 7) is 4.05. The highest BCUT2D eigenvalue weighted by Gasteiger charge is 2.53. The van der Waals surface area contributed by atoms with Crippen molar-refractivity contribution < 1.29 is 9.59 Å². The third-order valence-corrected chi connectivity index (χ3v) is 3.94. The summed E-state index contributed by atoms with van der Waals surface area (Å²) in [4.78, 5) is 23.9. The molecule has 0 aromatic heterocycles. The monoisotopic (exact) mass is 194 g/mol. The van der Waals surface area contributed by atoms with Crippen LogP contribution in [-0.4, -0.2) is 11.6 Å². The third kappa shape index (κ3) is 1.23. The highest BCUT2D eigenvalue weighted by molar-refractivity contribution is 6.14. The van der Waals surface area contributed by atoms with Crippen molar-refractivity contribution in [3.8, 4) is 0 Å². The molecule has 3 atom stereocenters. The lowest BCUT2D eigenvalue weighted by Crippen LogP contribution is -2.38. The topological polar surface area (TPSA) is 34.1 Å². The Bertz CT molecular complexity index is 282. The molecule has 2 saturated carbocycles. The molecule has 0 heterocycles. The maximum atomic E-state index is 12.0.